The predicted octanol–water partition coefficient (Wildman–Crippen LogP) is 1.98. The molecule has 15 heavy (non-hydrogen) atoms. The van der Waals surface area contributed by atoms with Crippen molar-refractivity contribution in [2.75, 3.05) is 6.61 Å². The third-order valence-electron chi connectivity index (χ3n) is 2.49. The average Bonchev–Trinajstić information content (AvgIpc) is 2.82. The van der Waals surface area contributed by atoms with Crippen molar-refractivity contribution >= 4 is 5.97 Å². The maximum atomic E-state index is 11.4. The van der Waals surface area contributed by atoms with Gasteiger partial charge >= 0.3 is 5.97 Å². The second-order valence-corrected chi connectivity index (χ2v) is 4.21. The SMILES string of the molecule is CCOC(C#N)=COC(=O)C1CC1(C)C. The Hall–Kier alpha value is -1.50. The second kappa shape index (κ2) is 4.35. The summed E-state index contributed by atoms with van der Waals surface area (Å²) in [5.74, 6) is -0.299. The highest BCUT2D eigenvalue weighted by Gasteiger charge is 2.51. The lowest BCUT2D eigenvalue weighted by Gasteiger charge is -2.02. The summed E-state index contributed by atoms with van der Waals surface area (Å²) in [6, 6.07) is 1.80. The largest absolute Gasteiger partial charge is 0.482 e. The number of ether oxygens (including phenoxy) is 2. The van der Waals surface area contributed by atoms with E-state index >= 15 is 0 Å². The number of allylic oxidation sites excluding steroid dienone is 1. The zero-order chi connectivity index (χ0) is 11.5. The molecule has 1 aliphatic carbocycles. The van der Waals surface area contributed by atoms with Crippen LogP contribution in [-0.2, 0) is 14.3 Å². The summed E-state index contributed by atoms with van der Waals surface area (Å²) in [7, 11) is 0. The van der Waals surface area contributed by atoms with Gasteiger partial charge in [0.2, 0.25) is 5.76 Å². The topological polar surface area (TPSA) is 59.3 Å². The van der Waals surface area contributed by atoms with Gasteiger partial charge in [0, 0.05) is 0 Å². The molecule has 4 nitrogen and oxygen atoms in total. The minimum Gasteiger partial charge on any atom is -0.482 e. The fourth-order valence-corrected chi connectivity index (χ4v) is 1.31. The van der Waals surface area contributed by atoms with Crippen molar-refractivity contribution in [2.24, 2.45) is 11.3 Å². The van der Waals surface area contributed by atoms with Crippen molar-refractivity contribution in [1.82, 2.24) is 0 Å². The van der Waals surface area contributed by atoms with Gasteiger partial charge in [0.15, 0.2) is 0 Å². The molecule has 0 heterocycles. The third-order valence-corrected chi connectivity index (χ3v) is 2.49. The number of nitrogens with zero attached hydrogens (tertiary/aromatic N) is 1. The molecule has 0 radical (unpaired) electrons. The number of esters is 1. The minimum absolute atomic E-state index is 0.0318. The first-order chi connectivity index (χ1) is 7.01. The van der Waals surface area contributed by atoms with Crippen LogP contribution in [0.25, 0.3) is 0 Å². The Morgan fingerprint density at radius 3 is 2.67 bits per heavy atom. The standard InChI is InChI=1S/C11H15NO3/c1-4-14-8(6-12)7-15-10(13)9-5-11(9,2)3/h7,9H,4-5H2,1-3H3. The van der Waals surface area contributed by atoms with E-state index in [-0.39, 0.29) is 23.1 Å². The van der Waals surface area contributed by atoms with Gasteiger partial charge in [-0.15, -0.1) is 0 Å². The van der Waals surface area contributed by atoms with Crippen LogP contribution < -0.4 is 0 Å². The maximum absolute atomic E-state index is 11.4. The minimum atomic E-state index is -0.285. The Labute approximate surface area is 89.5 Å². The van der Waals surface area contributed by atoms with Gasteiger partial charge in [-0.25, -0.2) is 0 Å². The summed E-state index contributed by atoms with van der Waals surface area (Å²) >= 11 is 0. The van der Waals surface area contributed by atoms with E-state index in [1.54, 1.807) is 13.0 Å². The molecule has 1 atom stereocenters. The first-order valence-corrected chi connectivity index (χ1v) is 4.95. The molecule has 82 valence electrons. The lowest BCUT2D eigenvalue weighted by atomic mass is 10.1. The molecule has 0 bridgehead atoms. The van der Waals surface area contributed by atoms with E-state index in [1.165, 1.54) is 0 Å². The van der Waals surface area contributed by atoms with Crippen LogP contribution in [0.3, 0.4) is 0 Å². The highest BCUT2D eigenvalue weighted by atomic mass is 16.5. The maximum Gasteiger partial charge on any atom is 0.314 e. The predicted molar refractivity (Wildman–Crippen MR) is 53.3 cm³/mol. The number of carbonyl (C=O) groups excluding carboxylic acids is 1. The van der Waals surface area contributed by atoms with E-state index in [0.717, 1.165) is 12.7 Å². The molecule has 0 amide bonds. The molecule has 0 aliphatic heterocycles. The monoisotopic (exact) mass is 209 g/mol. The van der Waals surface area contributed by atoms with E-state index in [9.17, 15) is 4.79 Å². The lowest BCUT2D eigenvalue weighted by molar-refractivity contribution is -0.140. The molecule has 1 saturated carbocycles. The van der Waals surface area contributed by atoms with Gasteiger partial charge in [0.05, 0.1) is 12.5 Å². The van der Waals surface area contributed by atoms with Crippen LogP contribution in [0.1, 0.15) is 27.2 Å². The van der Waals surface area contributed by atoms with E-state index in [2.05, 4.69) is 0 Å². The number of rotatable bonds is 4. The van der Waals surface area contributed by atoms with E-state index in [4.69, 9.17) is 14.7 Å². The first kappa shape index (κ1) is 11.6. The Morgan fingerprint density at radius 2 is 2.27 bits per heavy atom. The summed E-state index contributed by atoms with van der Waals surface area (Å²) in [6.07, 6.45) is 1.93. The zero-order valence-corrected chi connectivity index (χ0v) is 9.24. The zero-order valence-electron chi connectivity index (χ0n) is 9.24. The molecule has 1 fully saturated rings. The van der Waals surface area contributed by atoms with Gasteiger partial charge in [-0.05, 0) is 18.8 Å². The van der Waals surface area contributed by atoms with E-state index < -0.39 is 0 Å². The molecule has 1 aliphatic rings. The van der Waals surface area contributed by atoms with Gasteiger partial charge in [-0.1, -0.05) is 13.8 Å². The number of hydrogen-bond donors (Lipinski definition) is 0. The van der Waals surface area contributed by atoms with Crippen LogP contribution in [-0.4, -0.2) is 12.6 Å². The van der Waals surface area contributed by atoms with Crippen molar-refractivity contribution < 1.29 is 14.3 Å². The molecule has 0 aromatic carbocycles. The van der Waals surface area contributed by atoms with Crippen molar-refractivity contribution in [2.45, 2.75) is 27.2 Å². The van der Waals surface area contributed by atoms with Gasteiger partial charge in [-0.3, -0.25) is 4.79 Å². The number of nitriles is 1. The second-order valence-electron chi connectivity index (χ2n) is 4.21. The molecule has 0 aromatic rings. The van der Waals surface area contributed by atoms with Crippen LogP contribution in [0.4, 0.5) is 0 Å². The van der Waals surface area contributed by atoms with Gasteiger partial charge < -0.3 is 9.47 Å². The van der Waals surface area contributed by atoms with Crippen molar-refractivity contribution in [3.63, 3.8) is 0 Å². The van der Waals surface area contributed by atoms with Gasteiger partial charge in [-0.2, -0.15) is 5.26 Å². The van der Waals surface area contributed by atoms with Crippen molar-refractivity contribution in [3.8, 4) is 6.07 Å². The summed E-state index contributed by atoms with van der Waals surface area (Å²) in [4.78, 5) is 11.4. The van der Waals surface area contributed by atoms with E-state index in [1.807, 2.05) is 13.8 Å². The fraction of sp³-hybridized carbons (Fsp3) is 0.636. The molecule has 0 saturated heterocycles. The van der Waals surface area contributed by atoms with Gasteiger partial charge in [0.1, 0.15) is 12.3 Å². The van der Waals surface area contributed by atoms with Crippen molar-refractivity contribution in [1.29, 1.82) is 5.26 Å². The van der Waals surface area contributed by atoms with Crippen molar-refractivity contribution in [3.05, 3.63) is 12.0 Å². The summed E-state index contributed by atoms with van der Waals surface area (Å²) < 4.78 is 9.78. The number of carbonyl (C=O) groups is 1. The quantitative estimate of drug-likeness (QED) is 0.403. The fourth-order valence-electron chi connectivity index (χ4n) is 1.31. The Kier molecular flexibility index (Phi) is 3.35. The molecular formula is C11H15NO3. The summed E-state index contributed by atoms with van der Waals surface area (Å²) in [5, 5.41) is 8.59. The van der Waals surface area contributed by atoms with Crippen LogP contribution in [0, 0.1) is 22.7 Å². The van der Waals surface area contributed by atoms with Crippen LogP contribution in [0.15, 0.2) is 12.0 Å². The lowest BCUT2D eigenvalue weighted by Crippen LogP contribution is -2.07. The Morgan fingerprint density at radius 1 is 1.67 bits per heavy atom. The Bertz CT molecular complexity index is 325. The molecule has 1 rings (SSSR count). The molecule has 0 aromatic heterocycles. The van der Waals surface area contributed by atoms with Crippen LogP contribution in [0.5, 0.6) is 0 Å². The highest BCUT2D eigenvalue weighted by molar-refractivity contribution is 5.77. The highest BCUT2D eigenvalue weighted by Crippen LogP contribution is 2.52. The molecule has 4 heteroatoms. The average molecular weight is 209 g/mol. The molecular weight excluding hydrogens is 194 g/mol. The third kappa shape index (κ3) is 2.98. The van der Waals surface area contributed by atoms with Crippen LogP contribution in [0.2, 0.25) is 0 Å². The van der Waals surface area contributed by atoms with E-state index in [0.29, 0.717) is 6.61 Å². The molecule has 1 unspecified atom stereocenters. The Balaban J connectivity index is 2.43. The molecule has 0 N–H and O–H groups in total. The first-order valence-electron chi connectivity index (χ1n) is 4.95. The van der Waals surface area contributed by atoms with Crippen LogP contribution >= 0.6 is 0 Å². The molecule has 0 spiro atoms. The normalized spacial score (nSPS) is 22.8. The van der Waals surface area contributed by atoms with Gasteiger partial charge in [0.25, 0.3) is 0 Å². The summed E-state index contributed by atoms with van der Waals surface area (Å²) in [6.45, 7) is 6.16. The number of hydrogen-bond acceptors (Lipinski definition) is 4. The summed E-state index contributed by atoms with van der Waals surface area (Å²) in [5.41, 5.74) is 0.0450. The smallest absolute Gasteiger partial charge is 0.314 e.